The lowest BCUT2D eigenvalue weighted by Gasteiger charge is -2.37. The van der Waals surface area contributed by atoms with Crippen molar-refractivity contribution in [2.45, 2.75) is 60.8 Å². The molecule has 0 N–H and O–H groups in total. The van der Waals surface area contributed by atoms with Gasteiger partial charge in [-0.1, -0.05) is 41.5 Å². The van der Waals surface area contributed by atoms with E-state index in [1.54, 1.807) is 0 Å². The van der Waals surface area contributed by atoms with Gasteiger partial charge in [-0.3, -0.25) is 0 Å². The lowest BCUT2D eigenvalue weighted by Crippen LogP contribution is -2.41. The molecule has 0 atom stereocenters. The quantitative estimate of drug-likeness (QED) is 0.748. The molecule has 0 aromatic carbocycles. The summed E-state index contributed by atoms with van der Waals surface area (Å²) in [5.41, 5.74) is 0.903. The van der Waals surface area contributed by atoms with Crippen LogP contribution in [0.15, 0.2) is 0 Å². The first-order chi connectivity index (χ1) is 9.05. The van der Waals surface area contributed by atoms with Crippen molar-refractivity contribution in [3.05, 3.63) is 0 Å². The van der Waals surface area contributed by atoms with Gasteiger partial charge < -0.3 is 9.80 Å². The maximum Gasteiger partial charge on any atom is 0.00300 e. The van der Waals surface area contributed by atoms with E-state index in [9.17, 15) is 0 Å². The summed E-state index contributed by atoms with van der Waals surface area (Å²) < 4.78 is 0. The van der Waals surface area contributed by atoms with Gasteiger partial charge >= 0.3 is 0 Å². The van der Waals surface area contributed by atoms with Crippen molar-refractivity contribution in [3.63, 3.8) is 0 Å². The summed E-state index contributed by atoms with van der Waals surface area (Å²) in [5, 5.41) is 0. The highest BCUT2D eigenvalue weighted by Gasteiger charge is 2.23. The van der Waals surface area contributed by atoms with E-state index in [1.165, 1.54) is 52.0 Å². The number of nitrogens with zero attached hydrogens (tertiary/aromatic N) is 2. The van der Waals surface area contributed by atoms with Crippen molar-refractivity contribution in [2.24, 2.45) is 16.7 Å². The normalized spacial score (nSPS) is 19.8. The van der Waals surface area contributed by atoms with Gasteiger partial charge in [-0.05, 0) is 62.7 Å². The Kier molecular flexibility index (Phi) is 6.53. The highest BCUT2D eigenvalue weighted by atomic mass is 15.1. The predicted octanol–water partition coefficient (Wildman–Crippen LogP) is 4.11. The number of likely N-dealkylation sites (tertiary alicyclic amines) is 1. The minimum Gasteiger partial charge on any atom is -0.306 e. The van der Waals surface area contributed by atoms with Crippen LogP contribution in [0.25, 0.3) is 0 Å². The fraction of sp³-hybridized carbons (Fsp3) is 1.00. The monoisotopic (exact) mass is 282 g/mol. The summed E-state index contributed by atoms with van der Waals surface area (Å²) in [5.74, 6) is 0.913. The van der Waals surface area contributed by atoms with Gasteiger partial charge in [-0.15, -0.1) is 0 Å². The molecule has 0 bridgehead atoms. The zero-order valence-corrected chi connectivity index (χ0v) is 15.1. The molecular formula is C18H38N2. The molecule has 0 radical (unpaired) electrons. The first-order valence-electron chi connectivity index (χ1n) is 8.46. The summed E-state index contributed by atoms with van der Waals surface area (Å²) in [6.07, 6.45) is 4.07. The molecule has 1 fully saturated rings. The molecule has 0 saturated carbocycles. The Labute approximate surface area is 127 Å². The van der Waals surface area contributed by atoms with Crippen LogP contribution in [0.3, 0.4) is 0 Å². The third kappa shape index (κ3) is 8.26. The Balaban J connectivity index is 2.22. The van der Waals surface area contributed by atoms with Gasteiger partial charge in [0.2, 0.25) is 0 Å². The number of hydrogen-bond acceptors (Lipinski definition) is 2. The third-order valence-corrected chi connectivity index (χ3v) is 4.22. The van der Waals surface area contributed by atoms with E-state index < -0.39 is 0 Å². The summed E-state index contributed by atoms with van der Waals surface area (Å²) in [6.45, 7) is 20.4. The van der Waals surface area contributed by atoms with Crippen LogP contribution >= 0.6 is 0 Å². The van der Waals surface area contributed by atoms with Crippen molar-refractivity contribution in [2.75, 3.05) is 39.8 Å². The van der Waals surface area contributed by atoms with Gasteiger partial charge in [-0.25, -0.2) is 0 Å². The maximum absolute atomic E-state index is 2.66. The predicted molar refractivity (Wildman–Crippen MR) is 90.2 cm³/mol. The molecule has 0 aromatic heterocycles. The number of rotatable bonds is 5. The Morgan fingerprint density at radius 3 is 1.95 bits per heavy atom. The highest BCUT2D eigenvalue weighted by Crippen LogP contribution is 2.23. The van der Waals surface area contributed by atoms with Crippen LogP contribution in [0.4, 0.5) is 0 Å². The molecule has 1 saturated heterocycles. The third-order valence-electron chi connectivity index (χ3n) is 4.22. The van der Waals surface area contributed by atoms with Gasteiger partial charge in [-0.2, -0.15) is 0 Å². The minimum absolute atomic E-state index is 0.441. The van der Waals surface area contributed by atoms with E-state index in [-0.39, 0.29) is 0 Å². The molecule has 1 rings (SSSR count). The average Bonchev–Trinajstić information content (AvgIpc) is 2.26. The second kappa shape index (κ2) is 7.26. The van der Waals surface area contributed by atoms with Gasteiger partial charge in [0.1, 0.15) is 0 Å². The number of hydrogen-bond donors (Lipinski definition) is 0. The van der Waals surface area contributed by atoms with Crippen LogP contribution in [0.1, 0.15) is 60.8 Å². The molecular weight excluding hydrogens is 244 g/mol. The van der Waals surface area contributed by atoms with Crippen molar-refractivity contribution in [1.82, 2.24) is 9.80 Å². The van der Waals surface area contributed by atoms with Gasteiger partial charge in [0, 0.05) is 13.1 Å². The zero-order valence-electron chi connectivity index (χ0n) is 15.1. The molecule has 20 heavy (non-hydrogen) atoms. The molecule has 0 aliphatic carbocycles. The smallest absolute Gasteiger partial charge is 0.00300 e. The van der Waals surface area contributed by atoms with Crippen LogP contribution < -0.4 is 0 Å². The van der Waals surface area contributed by atoms with Gasteiger partial charge in [0.15, 0.2) is 0 Å². The van der Waals surface area contributed by atoms with E-state index >= 15 is 0 Å². The van der Waals surface area contributed by atoms with Crippen LogP contribution in [0.5, 0.6) is 0 Å². The molecule has 2 heteroatoms. The average molecular weight is 283 g/mol. The molecule has 1 heterocycles. The largest absolute Gasteiger partial charge is 0.306 e. The Morgan fingerprint density at radius 2 is 1.50 bits per heavy atom. The molecule has 1 aliphatic heterocycles. The fourth-order valence-electron chi connectivity index (χ4n) is 3.06. The van der Waals surface area contributed by atoms with Crippen molar-refractivity contribution < 1.29 is 0 Å². The van der Waals surface area contributed by atoms with Crippen molar-refractivity contribution >= 4 is 0 Å². The van der Waals surface area contributed by atoms with E-state index in [4.69, 9.17) is 0 Å². The summed E-state index contributed by atoms with van der Waals surface area (Å²) >= 11 is 0. The van der Waals surface area contributed by atoms with Crippen LogP contribution in [-0.4, -0.2) is 49.6 Å². The molecule has 0 amide bonds. The van der Waals surface area contributed by atoms with Gasteiger partial charge in [0.25, 0.3) is 0 Å². The van der Waals surface area contributed by atoms with E-state index in [0.29, 0.717) is 10.8 Å². The molecule has 120 valence electrons. The zero-order chi connectivity index (χ0) is 15.4. The minimum atomic E-state index is 0.441. The van der Waals surface area contributed by atoms with Crippen molar-refractivity contribution in [1.29, 1.82) is 0 Å². The Hall–Kier alpha value is -0.0800. The SMILES string of the molecule is CN(CCC(C)(C)C)CC1CCN(CC(C)(C)C)CC1. The van der Waals surface area contributed by atoms with E-state index in [0.717, 1.165) is 5.92 Å². The Bertz CT molecular complexity index is 264. The number of piperidine rings is 1. The molecule has 1 aliphatic rings. The standard InChI is InChI=1S/C18H38N2/c1-17(2,3)10-13-19(7)14-16-8-11-20(12-9-16)15-18(4,5)6/h16H,8-15H2,1-7H3. The van der Waals surface area contributed by atoms with Crippen molar-refractivity contribution in [3.8, 4) is 0 Å². The summed E-state index contributed by atoms with van der Waals surface area (Å²) in [4.78, 5) is 5.21. The fourth-order valence-corrected chi connectivity index (χ4v) is 3.06. The topological polar surface area (TPSA) is 6.48 Å². The second-order valence-corrected chi connectivity index (χ2v) is 9.35. The van der Waals surface area contributed by atoms with Gasteiger partial charge in [0.05, 0.1) is 0 Å². The van der Waals surface area contributed by atoms with E-state index in [2.05, 4.69) is 58.4 Å². The molecule has 2 nitrogen and oxygen atoms in total. The summed E-state index contributed by atoms with van der Waals surface area (Å²) in [7, 11) is 2.30. The van der Waals surface area contributed by atoms with E-state index in [1.807, 2.05) is 0 Å². The first kappa shape index (κ1) is 18.0. The lowest BCUT2D eigenvalue weighted by molar-refractivity contribution is 0.118. The molecule has 0 unspecified atom stereocenters. The van der Waals surface area contributed by atoms with Crippen LogP contribution in [-0.2, 0) is 0 Å². The molecule has 0 aromatic rings. The lowest BCUT2D eigenvalue weighted by atomic mass is 9.90. The Morgan fingerprint density at radius 1 is 0.950 bits per heavy atom. The highest BCUT2D eigenvalue weighted by molar-refractivity contribution is 4.78. The van der Waals surface area contributed by atoms with Crippen LogP contribution in [0, 0.1) is 16.7 Å². The molecule has 0 spiro atoms. The first-order valence-corrected chi connectivity index (χ1v) is 8.46. The maximum atomic E-state index is 2.66. The van der Waals surface area contributed by atoms with Crippen LogP contribution in [0.2, 0.25) is 0 Å². The second-order valence-electron chi connectivity index (χ2n) is 9.35. The summed E-state index contributed by atoms with van der Waals surface area (Å²) in [6, 6.07) is 0.